The summed E-state index contributed by atoms with van der Waals surface area (Å²) in [5, 5.41) is 8.79. The maximum atomic E-state index is 11.8. The van der Waals surface area contributed by atoms with E-state index in [4.69, 9.17) is 9.84 Å². The van der Waals surface area contributed by atoms with E-state index in [1.54, 1.807) is 6.92 Å². The first kappa shape index (κ1) is 14.2. The lowest BCUT2D eigenvalue weighted by atomic mass is 9.99. The van der Waals surface area contributed by atoms with Crippen LogP contribution in [-0.4, -0.2) is 29.5 Å². The molecule has 0 radical (unpaired) electrons. The normalized spacial score (nSPS) is 16.1. The fraction of sp³-hybridized carbons (Fsp3) is 0.889. The molecule has 0 rings (SSSR count). The molecule has 0 aliphatic rings. The topological polar surface area (TPSA) is 46.5 Å². The Kier molecular flexibility index (Phi) is 5.07. The van der Waals surface area contributed by atoms with Crippen LogP contribution in [0.15, 0.2) is 0 Å². The van der Waals surface area contributed by atoms with E-state index in [-0.39, 0.29) is 19.4 Å². The van der Waals surface area contributed by atoms with Crippen molar-refractivity contribution in [3.8, 4) is 0 Å². The van der Waals surface area contributed by atoms with Crippen molar-refractivity contribution < 1.29 is 27.8 Å². The van der Waals surface area contributed by atoms with Gasteiger partial charge in [-0.1, -0.05) is 0 Å². The van der Waals surface area contributed by atoms with Gasteiger partial charge in [-0.15, -0.1) is 0 Å². The quantitative estimate of drug-likeness (QED) is 0.760. The fourth-order valence-corrected chi connectivity index (χ4v) is 1.19. The summed E-state index contributed by atoms with van der Waals surface area (Å²) in [5.74, 6) is -1.23. The van der Waals surface area contributed by atoms with E-state index in [0.717, 1.165) is 0 Å². The first-order chi connectivity index (χ1) is 6.71. The first-order valence-corrected chi connectivity index (χ1v) is 4.65. The number of hydrogen-bond acceptors (Lipinski definition) is 2. The molecule has 0 amide bonds. The number of carboxylic acid groups (broad SMARTS) is 1. The van der Waals surface area contributed by atoms with Crippen molar-refractivity contribution >= 4 is 5.97 Å². The number of ether oxygens (including phenoxy) is 1. The molecule has 0 aromatic heterocycles. The van der Waals surface area contributed by atoms with Crippen LogP contribution in [0, 0.1) is 0 Å². The summed E-state index contributed by atoms with van der Waals surface area (Å²) in [6.07, 6.45) is -5.61. The molecule has 0 heterocycles. The summed E-state index contributed by atoms with van der Waals surface area (Å²) in [6.45, 7) is 3.05. The third-order valence-corrected chi connectivity index (χ3v) is 2.03. The molecule has 0 spiro atoms. The molecule has 0 aromatic rings. The third kappa shape index (κ3) is 5.61. The molecule has 0 aliphatic heterocycles. The van der Waals surface area contributed by atoms with Crippen LogP contribution in [0.2, 0.25) is 0 Å². The lowest BCUT2D eigenvalue weighted by Gasteiger charge is -2.24. The highest BCUT2D eigenvalue weighted by molar-refractivity contribution is 5.76. The van der Waals surface area contributed by atoms with Crippen molar-refractivity contribution in [3.63, 3.8) is 0 Å². The van der Waals surface area contributed by atoms with E-state index in [2.05, 4.69) is 0 Å². The van der Waals surface area contributed by atoms with Crippen LogP contribution in [0.4, 0.5) is 13.2 Å². The van der Waals surface area contributed by atoms with Crippen LogP contribution >= 0.6 is 0 Å². The predicted molar refractivity (Wildman–Crippen MR) is 47.6 cm³/mol. The molecular formula is C9H15F3O3. The highest BCUT2D eigenvalue weighted by Crippen LogP contribution is 2.26. The smallest absolute Gasteiger partial charge is 0.389 e. The van der Waals surface area contributed by atoms with Gasteiger partial charge < -0.3 is 9.84 Å². The second kappa shape index (κ2) is 5.34. The van der Waals surface area contributed by atoms with Crippen LogP contribution < -0.4 is 0 Å². The van der Waals surface area contributed by atoms with Crippen molar-refractivity contribution in [2.24, 2.45) is 0 Å². The Balaban J connectivity index is 4.14. The number of carboxylic acids is 1. The van der Waals surface area contributed by atoms with E-state index in [1.807, 2.05) is 0 Å². The molecule has 1 atom stereocenters. The van der Waals surface area contributed by atoms with Gasteiger partial charge in [0.05, 0.1) is 0 Å². The van der Waals surface area contributed by atoms with Gasteiger partial charge in [0.25, 0.3) is 0 Å². The fourth-order valence-electron chi connectivity index (χ4n) is 1.19. The summed E-state index contributed by atoms with van der Waals surface area (Å²) in [4.78, 5) is 10.8. The Morgan fingerprint density at radius 1 is 1.33 bits per heavy atom. The van der Waals surface area contributed by atoms with Crippen molar-refractivity contribution in [1.82, 2.24) is 0 Å². The van der Waals surface area contributed by atoms with Crippen molar-refractivity contribution in [3.05, 3.63) is 0 Å². The zero-order valence-corrected chi connectivity index (χ0v) is 8.73. The van der Waals surface area contributed by atoms with Gasteiger partial charge in [-0.05, 0) is 26.7 Å². The summed E-state index contributed by atoms with van der Waals surface area (Å²) < 4.78 is 40.4. The van der Waals surface area contributed by atoms with Gasteiger partial charge in [0, 0.05) is 13.0 Å². The highest BCUT2D eigenvalue weighted by atomic mass is 19.4. The van der Waals surface area contributed by atoms with Gasteiger partial charge in [0.1, 0.15) is 0 Å². The third-order valence-electron chi connectivity index (χ3n) is 2.03. The molecule has 0 saturated carbocycles. The van der Waals surface area contributed by atoms with Gasteiger partial charge in [-0.2, -0.15) is 13.2 Å². The standard InChI is InChI=1S/C9H15F3O3/c1-3-15-8(2,7(13)14)5-4-6-9(10,11)12/h3-6H2,1-2H3,(H,13,14). The van der Waals surface area contributed by atoms with E-state index in [0.29, 0.717) is 0 Å². The van der Waals surface area contributed by atoms with E-state index in [9.17, 15) is 18.0 Å². The van der Waals surface area contributed by atoms with Crippen LogP contribution in [0.1, 0.15) is 33.1 Å². The molecule has 0 bridgehead atoms. The Hall–Kier alpha value is -0.780. The minimum atomic E-state index is -4.24. The summed E-state index contributed by atoms with van der Waals surface area (Å²) in [5.41, 5.74) is -1.51. The van der Waals surface area contributed by atoms with Crippen LogP contribution in [0.5, 0.6) is 0 Å². The number of aliphatic carboxylic acids is 1. The van der Waals surface area contributed by atoms with Crippen molar-refractivity contribution in [2.45, 2.75) is 44.9 Å². The van der Waals surface area contributed by atoms with E-state index < -0.39 is 24.2 Å². The molecule has 15 heavy (non-hydrogen) atoms. The molecule has 1 N–H and O–H groups in total. The molecule has 0 saturated heterocycles. The van der Waals surface area contributed by atoms with Gasteiger partial charge in [-0.25, -0.2) is 4.79 Å². The van der Waals surface area contributed by atoms with Crippen molar-refractivity contribution in [1.29, 1.82) is 0 Å². The number of rotatable bonds is 6. The molecule has 1 unspecified atom stereocenters. The average Bonchev–Trinajstić information content (AvgIpc) is 2.01. The Morgan fingerprint density at radius 2 is 1.87 bits per heavy atom. The molecule has 0 aromatic carbocycles. The lowest BCUT2D eigenvalue weighted by molar-refractivity contribution is -0.167. The summed E-state index contributed by atoms with van der Waals surface area (Å²) in [7, 11) is 0. The highest BCUT2D eigenvalue weighted by Gasteiger charge is 2.35. The second-order valence-electron chi connectivity index (χ2n) is 3.44. The molecular weight excluding hydrogens is 213 g/mol. The molecule has 6 heteroatoms. The Morgan fingerprint density at radius 3 is 2.20 bits per heavy atom. The molecule has 3 nitrogen and oxygen atoms in total. The number of alkyl halides is 3. The van der Waals surface area contributed by atoms with E-state index in [1.165, 1.54) is 6.92 Å². The minimum absolute atomic E-state index is 0.143. The molecule has 0 fully saturated rings. The zero-order valence-electron chi connectivity index (χ0n) is 8.73. The van der Waals surface area contributed by atoms with Crippen LogP contribution in [0.25, 0.3) is 0 Å². The van der Waals surface area contributed by atoms with E-state index >= 15 is 0 Å². The Bertz CT molecular complexity index is 215. The second-order valence-corrected chi connectivity index (χ2v) is 3.44. The van der Waals surface area contributed by atoms with Gasteiger partial charge in [0.2, 0.25) is 0 Å². The summed E-state index contributed by atoms with van der Waals surface area (Å²) in [6, 6.07) is 0. The number of halogens is 3. The van der Waals surface area contributed by atoms with Crippen LogP contribution in [-0.2, 0) is 9.53 Å². The number of hydrogen-bond donors (Lipinski definition) is 1. The van der Waals surface area contributed by atoms with Crippen LogP contribution in [0.3, 0.4) is 0 Å². The van der Waals surface area contributed by atoms with Gasteiger partial charge in [-0.3, -0.25) is 0 Å². The maximum absolute atomic E-state index is 11.8. The average molecular weight is 228 g/mol. The first-order valence-electron chi connectivity index (χ1n) is 4.65. The number of carbonyl (C=O) groups is 1. The largest absolute Gasteiger partial charge is 0.479 e. The van der Waals surface area contributed by atoms with Gasteiger partial charge >= 0.3 is 12.1 Å². The Labute approximate surface area is 86.2 Å². The SMILES string of the molecule is CCOC(C)(CCCC(F)(F)F)C(=O)O. The molecule has 90 valence electrons. The van der Waals surface area contributed by atoms with Gasteiger partial charge in [0.15, 0.2) is 5.60 Å². The summed E-state index contributed by atoms with van der Waals surface area (Å²) >= 11 is 0. The lowest BCUT2D eigenvalue weighted by Crippen LogP contribution is -2.38. The molecule has 0 aliphatic carbocycles. The minimum Gasteiger partial charge on any atom is -0.479 e. The zero-order chi connectivity index (χ0) is 12.1. The maximum Gasteiger partial charge on any atom is 0.389 e. The predicted octanol–water partition coefficient (Wildman–Crippen LogP) is 2.60. The monoisotopic (exact) mass is 228 g/mol. The van der Waals surface area contributed by atoms with Crippen molar-refractivity contribution in [2.75, 3.05) is 6.61 Å².